The Morgan fingerprint density at radius 1 is 1.11 bits per heavy atom. The Labute approximate surface area is 201 Å². The van der Waals surface area contributed by atoms with Crippen LogP contribution in [-0.4, -0.2) is 67.7 Å². The van der Waals surface area contributed by atoms with E-state index >= 15 is 0 Å². The first-order valence-corrected chi connectivity index (χ1v) is 11.1. The zero-order chi connectivity index (χ0) is 24.1. The SMILES string of the molecule is O[C@@H]1CO[C@H]2[C@@H]1OC[C@H]2Oc1nc2nc(OCc3c(F)cc(-c4ncc[nH]4)cc3F)c(Cl)cc2[nH]1. The first-order valence-electron chi connectivity index (χ1n) is 10.7. The number of aromatic nitrogens is 5. The molecule has 0 spiro atoms. The second-order valence-electron chi connectivity index (χ2n) is 8.15. The second-order valence-corrected chi connectivity index (χ2v) is 8.56. The van der Waals surface area contributed by atoms with Crippen LogP contribution in [0.4, 0.5) is 8.78 Å². The van der Waals surface area contributed by atoms with Crippen molar-refractivity contribution in [3.63, 3.8) is 0 Å². The summed E-state index contributed by atoms with van der Waals surface area (Å²) in [4.78, 5) is 18.3. The molecule has 182 valence electrons. The number of nitrogens with zero attached hydrogens (tertiary/aromatic N) is 3. The van der Waals surface area contributed by atoms with Gasteiger partial charge in [0, 0.05) is 18.0 Å². The fourth-order valence-corrected chi connectivity index (χ4v) is 4.37. The number of pyridine rings is 1. The molecule has 0 saturated carbocycles. The van der Waals surface area contributed by atoms with Gasteiger partial charge in [0.1, 0.15) is 47.4 Å². The summed E-state index contributed by atoms with van der Waals surface area (Å²) in [6, 6.07) is 4.02. The zero-order valence-corrected chi connectivity index (χ0v) is 18.6. The van der Waals surface area contributed by atoms with Crippen molar-refractivity contribution in [3.8, 4) is 23.3 Å². The van der Waals surface area contributed by atoms with Crippen LogP contribution in [0.25, 0.3) is 22.6 Å². The molecule has 4 atom stereocenters. The van der Waals surface area contributed by atoms with Crippen LogP contribution in [0.3, 0.4) is 0 Å². The van der Waals surface area contributed by atoms with Crippen molar-refractivity contribution < 1.29 is 32.8 Å². The van der Waals surface area contributed by atoms with E-state index in [1.54, 1.807) is 6.20 Å². The third-order valence-electron chi connectivity index (χ3n) is 5.88. The Morgan fingerprint density at radius 3 is 2.69 bits per heavy atom. The Balaban J connectivity index is 1.18. The molecular formula is C22H18ClF2N5O5. The highest BCUT2D eigenvalue weighted by molar-refractivity contribution is 6.32. The smallest absolute Gasteiger partial charge is 0.296 e. The first-order chi connectivity index (χ1) is 17.0. The van der Waals surface area contributed by atoms with Gasteiger partial charge in [-0.15, -0.1) is 0 Å². The summed E-state index contributed by atoms with van der Waals surface area (Å²) in [5, 5.41) is 9.98. The molecule has 0 radical (unpaired) electrons. The van der Waals surface area contributed by atoms with E-state index in [9.17, 15) is 13.9 Å². The molecule has 13 heteroatoms. The molecule has 3 N–H and O–H groups in total. The Hall–Kier alpha value is -3.32. The molecule has 10 nitrogen and oxygen atoms in total. The minimum Gasteiger partial charge on any atom is -0.471 e. The van der Waals surface area contributed by atoms with Crippen LogP contribution >= 0.6 is 11.6 Å². The minimum absolute atomic E-state index is 0.0439. The molecule has 4 aromatic rings. The maximum atomic E-state index is 14.6. The molecule has 2 saturated heterocycles. The summed E-state index contributed by atoms with van der Waals surface area (Å²) in [6.07, 6.45) is 1.05. The average molecular weight is 506 g/mol. The van der Waals surface area contributed by atoms with Gasteiger partial charge in [0.15, 0.2) is 11.8 Å². The van der Waals surface area contributed by atoms with Crippen LogP contribution in [0, 0.1) is 11.6 Å². The van der Waals surface area contributed by atoms with Crippen LogP contribution < -0.4 is 9.47 Å². The van der Waals surface area contributed by atoms with Crippen molar-refractivity contribution in [3.05, 3.63) is 52.8 Å². The lowest BCUT2D eigenvalue weighted by Gasteiger charge is -2.15. The molecule has 0 unspecified atom stereocenters. The summed E-state index contributed by atoms with van der Waals surface area (Å²) in [6.45, 7) is -0.0218. The largest absolute Gasteiger partial charge is 0.471 e. The normalized spacial score (nSPS) is 23.7. The van der Waals surface area contributed by atoms with Gasteiger partial charge in [0.2, 0.25) is 5.88 Å². The number of ether oxygens (including phenoxy) is 4. The number of hydrogen-bond donors (Lipinski definition) is 3. The third-order valence-corrected chi connectivity index (χ3v) is 6.15. The Morgan fingerprint density at radius 2 is 1.91 bits per heavy atom. The minimum atomic E-state index is -0.791. The van der Waals surface area contributed by atoms with E-state index in [0.717, 1.165) is 0 Å². The molecule has 0 amide bonds. The van der Waals surface area contributed by atoms with Crippen molar-refractivity contribution in [2.45, 2.75) is 31.0 Å². The molecule has 2 aliphatic heterocycles. The van der Waals surface area contributed by atoms with E-state index in [1.165, 1.54) is 24.4 Å². The number of aliphatic hydroxyl groups excluding tert-OH is 1. The van der Waals surface area contributed by atoms with E-state index in [0.29, 0.717) is 11.3 Å². The third kappa shape index (κ3) is 4.08. The summed E-state index contributed by atoms with van der Waals surface area (Å²) in [5.74, 6) is -1.28. The molecule has 2 aliphatic rings. The van der Waals surface area contributed by atoms with Crippen molar-refractivity contribution in [2.75, 3.05) is 13.2 Å². The topological polar surface area (TPSA) is 127 Å². The maximum absolute atomic E-state index is 14.6. The number of imidazole rings is 2. The lowest BCUT2D eigenvalue weighted by Crippen LogP contribution is -2.34. The van der Waals surface area contributed by atoms with E-state index in [1.807, 2.05) is 0 Å². The van der Waals surface area contributed by atoms with Gasteiger partial charge < -0.3 is 34.0 Å². The van der Waals surface area contributed by atoms with Gasteiger partial charge in [-0.1, -0.05) is 11.6 Å². The number of fused-ring (bicyclic) bond motifs is 2. The van der Waals surface area contributed by atoms with Gasteiger partial charge in [-0.05, 0) is 18.2 Å². The highest BCUT2D eigenvalue weighted by Crippen LogP contribution is 2.32. The van der Waals surface area contributed by atoms with E-state index in [-0.39, 0.29) is 46.9 Å². The Bertz CT molecular complexity index is 1360. The lowest BCUT2D eigenvalue weighted by molar-refractivity contribution is 0.00706. The number of aromatic amines is 2. The molecule has 0 bridgehead atoms. The number of benzene rings is 1. The van der Waals surface area contributed by atoms with Crippen LogP contribution in [0.15, 0.2) is 30.6 Å². The van der Waals surface area contributed by atoms with E-state index in [4.69, 9.17) is 30.5 Å². The fraction of sp³-hybridized carbons (Fsp3) is 0.318. The number of hydrogen-bond acceptors (Lipinski definition) is 8. The highest BCUT2D eigenvalue weighted by Gasteiger charge is 2.48. The van der Waals surface area contributed by atoms with Crippen LogP contribution in [-0.2, 0) is 16.1 Å². The molecule has 3 aromatic heterocycles. The van der Waals surface area contributed by atoms with Gasteiger partial charge in [-0.2, -0.15) is 9.97 Å². The first kappa shape index (κ1) is 22.2. The summed E-state index contributed by atoms with van der Waals surface area (Å²) in [7, 11) is 0. The monoisotopic (exact) mass is 505 g/mol. The molecule has 2 fully saturated rings. The molecular weight excluding hydrogens is 488 g/mol. The predicted octanol–water partition coefficient (Wildman–Crippen LogP) is 2.76. The number of nitrogens with one attached hydrogen (secondary N) is 2. The van der Waals surface area contributed by atoms with Gasteiger partial charge in [-0.3, -0.25) is 0 Å². The van der Waals surface area contributed by atoms with Crippen LogP contribution in [0.5, 0.6) is 11.9 Å². The quantitative estimate of drug-likeness (QED) is 0.365. The summed E-state index contributed by atoms with van der Waals surface area (Å²) < 4.78 is 51.6. The molecule has 35 heavy (non-hydrogen) atoms. The van der Waals surface area contributed by atoms with Gasteiger partial charge >= 0.3 is 0 Å². The highest BCUT2D eigenvalue weighted by atomic mass is 35.5. The summed E-state index contributed by atoms with van der Waals surface area (Å²) in [5.41, 5.74) is 0.697. The fourth-order valence-electron chi connectivity index (χ4n) is 4.17. The van der Waals surface area contributed by atoms with Gasteiger partial charge in [-0.25, -0.2) is 13.8 Å². The lowest BCUT2D eigenvalue weighted by atomic mass is 10.1. The number of H-pyrrole nitrogens is 2. The second kappa shape index (κ2) is 8.72. The molecule has 1 aromatic carbocycles. The average Bonchev–Trinajstić information content (AvgIpc) is 3.61. The molecule has 5 heterocycles. The predicted molar refractivity (Wildman–Crippen MR) is 117 cm³/mol. The van der Waals surface area contributed by atoms with Crippen LogP contribution in [0.1, 0.15) is 5.56 Å². The van der Waals surface area contributed by atoms with Gasteiger partial charge in [0.05, 0.1) is 24.3 Å². The van der Waals surface area contributed by atoms with Crippen molar-refractivity contribution >= 4 is 22.8 Å². The molecule has 6 rings (SSSR count). The zero-order valence-electron chi connectivity index (χ0n) is 17.9. The molecule has 0 aliphatic carbocycles. The number of aliphatic hydroxyl groups is 1. The maximum Gasteiger partial charge on any atom is 0.296 e. The van der Waals surface area contributed by atoms with Gasteiger partial charge in [0.25, 0.3) is 6.01 Å². The standard InChI is InChI=1S/C22H18ClF2N5O5/c23-11-5-14-20(30-22(28-14)35-16-8-33-17-15(31)7-32-18(16)17)29-21(11)34-6-10-12(24)3-9(4-13(10)25)19-26-1-2-27-19/h1-5,15-18,31H,6-8H2,(H,26,27)(H,28,29,30)/t15-,16-,17-,18-/m1/s1. The van der Waals surface area contributed by atoms with E-state index < -0.39 is 42.7 Å². The van der Waals surface area contributed by atoms with E-state index in [2.05, 4.69) is 24.9 Å². The summed E-state index contributed by atoms with van der Waals surface area (Å²) >= 11 is 6.27. The number of rotatable bonds is 6. The van der Waals surface area contributed by atoms with Crippen LogP contribution in [0.2, 0.25) is 5.02 Å². The van der Waals surface area contributed by atoms with Crippen molar-refractivity contribution in [2.24, 2.45) is 0 Å². The van der Waals surface area contributed by atoms with Crippen molar-refractivity contribution in [1.29, 1.82) is 0 Å². The Kier molecular flexibility index (Phi) is 5.52. The number of halogens is 3. The van der Waals surface area contributed by atoms with Crippen molar-refractivity contribution in [1.82, 2.24) is 24.9 Å².